The van der Waals surface area contributed by atoms with E-state index >= 15 is 0 Å². The highest BCUT2D eigenvalue weighted by molar-refractivity contribution is 5.94. The van der Waals surface area contributed by atoms with Crippen LogP contribution >= 0.6 is 0 Å². The topological polar surface area (TPSA) is 104 Å². The molecule has 0 unspecified atom stereocenters. The van der Waals surface area contributed by atoms with E-state index in [-0.39, 0.29) is 11.6 Å². The van der Waals surface area contributed by atoms with Crippen molar-refractivity contribution in [2.24, 2.45) is 0 Å². The van der Waals surface area contributed by atoms with Crippen molar-refractivity contribution >= 4 is 11.8 Å². The van der Waals surface area contributed by atoms with Gasteiger partial charge in [-0.25, -0.2) is 5.48 Å². The Kier molecular flexibility index (Phi) is 4.46. The fourth-order valence-electron chi connectivity index (χ4n) is 1.59. The SMILES string of the molecule is O=C(NCCc1cc(C(=O)NO)no1)c1ccccc1. The fraction of sp³-hybridized carbons (Fsp3) is 0.154. The first-order valence-electron chi connectivity index (χ1n) is 5.94. The summed E-state index contributed by atoms with van der Waals surface area (Å²) in [4.78, 5) is 22.8. The summed E-state index contributed by atoms with van der Waals surface area (Å²) in [5.74, 6) is -0.483. The van der Waals surface area contributed by atoms with Gasteiger partial charge in [-0.2, -0.15) is 0 Å². The van der Waals surface area contributed by atoms with E-state index in [0.717, 1.165) is 0 Å². The van der Waals surface area contributed by atoms with Crippen LogP contribution in [0.4, 0.5) is 0 Å². The molecular formula is C13H13N3O4. The zero-order valence-electron chi connectivity index (χ0n) is 10.5. The van der Waals surface area contributed by atoms with Gasteiger partial charge in [0.05, 0.1) is 0 Å². The summed E-state index contributed by atoms with van der Waals surface area (Å²) in [6.07, 6.45) is 0.393. The van der Waals surface area contributed by atoms with Crippen molar-refractivity contribution in [2.75, 3.05) is 6.54 Å². The molecule has 0 bridgehead atoms. The van der Waals surface area contributed by atoms with Gasteiger partial charge in [0, 0.05) is 24.6 Å². The summed E-state index contributed by atoms with van der Waals surface area (Å²) in [7, 11) is 0. The second-order valence-corrected chi connectivity index (χ2v) is 3.99. The number of hydrogen-bond donors (Lipinski definition) is 3. The van der Waals surface area contributed by atoms with Gasteiger partial charge in [-0.05, 0) is 12.1 Å². The number of nitrogens with one attached hydrogen (secondary N) is 2. The lowest BCUT2D eigenvalue weighted by atomic mass is 10.2. The lowest BCUT2D eigenvalue weighted by Gasteiger charge is -2.02. The first-order valence-corrected chi connectivity index (χ1v) is 5.94. The van der Waals surface area contributed by atoms with E-state index in [1.807, 2.05) is 6.07 Å². The van der Waals surface area contributed by atoms with Crippen molar-refractivity contribution < 1.29 is 19.3 Å². The summed E-state index contributed by atoms with van der Waals surface area (Å²) < 4.78 is 4.90. The third-order valence-electron chi connectivity index (χ3n) is 2.59. The molecule has 0 aliphatic rings. The lowest BCUT2D eigenvalue weighted by Crippen LogP contribution is -2.25. The largest absolute Gasteiger partial charge is 0.361 e. The molecule has 0 saturated heterocycles. The molecule has 1 heterocycles. The van der Waals surface area contributed by atoms with Crippen LogP contribution in [0.25, 0.3) is 0 Å². The number of nitrogens with zero attached hydrogens (tertiary/aromatic N) is 1. The van der Waals surface area contributed by atoms with Gasteiger partial charge in [0.15, 0.2) is 5.69 Å². The summed E-state index contributed by atoms with van der Waals surface area (Å²) in [5, 5.41) is 14.6. The second-order valence-electron chi connectivity index (χ2n) is 3.99. The minimum absolute atomic E-state index is 0.0168. The molecule has 1 aromatic carbocycles. The average Bonchev–Trinajstić information content (AvgIpc) is 2.96. The molecule has 7 nitrogen and oxygen atoms in total. The molecule has 20 heavy (non-hydrogen) atoms. The summed E-state index contributed by atoms with van der Waals surface area (Å²) >= 11 is 0. The monoisotopic (exact) mass is 275 g/mol. The first kappa shape index (κ1) is 13.8. The average molecular weight is 275 g/mol. The number of amides is 2. The Labute approximate surface area is 114 Å². The van der Waals surface area contributed by atoms with Crippen molar-refractivity contribution in [1.29, 1.82) is 0 Å². The quantitative estimate of drug-likeness (QED) is 0.552. The van der Waals surface area contributed by atoms with Crippen LogP contribution < -0.4 is 10.8 Å². The molecule has 7 heteroatoms. The van der Waals surface area contributed by atoms with Crippen LogP contribution in [-0.4, -0.2) is 28.7 Å². The smallest absolute Gasteiger partial charge is 0.296 e. The Balaban J connectivity index is 1.83. The first-order chi connectivity index (χ1) is 9.70. The van der Waals surface area contributed by atoms with Gasteiger partial charge >= 0.3 is 0 Å². The highest BCUT2D eigenvalue weighted by Gasteiger charge is 2.11. The number of carbonyl (C=O) groups is 2. The molecule has 0 aliphatic heterocycles. The number of rotatable bonds is 5. The molecule has 0 fully saturated rings. The third-order valence-corrected chi connectivity index (χ3v) is 2.59. The maximum atomic E-state index is 11.7. The van der Waals surface area contributed by atoms with E-state index in [9.17, 15) is 9.59 Å². The van der Waals surface area contributed by atoms with Gasteiger partial charge in [0.1, 0.15) is 5.76 Å². The number of carbonyl (C=O) groups excluding carboxylic acids is 2. The molecule has 3 N–H and O–H groups in total. The van der Waals surface area contributed by atoms with Crippen LogP contribution in [0.1, 0.15) is 26.6 Å². The standard InChI is InChI=1S/C13H13N3O4/c17-12(9-4-2-1-3-5-9)14-7-6-10-8-11(16-20-10)13(18)15-19/h1-5,8,19H,6-7H2,(H,14,17)(H,15,18). The molecule has 0 aliphatic carbocycles. The minimum atomic E-state index is -0.742. The van der Waals surface area contributed by atoms with Crippen molar-refractivity contribution in [3.63, 3.8) is 0 Å². The van der Waals surface area contributed by atoms with E-state index in [1.165, 1.54) is 11.5 Å². The van der Waals surface area contributed by atoms with Crippen molar-refractivity contribution in [2.45, 2.75) is 6.42 Å². The van der Waals surface area contributed by atoms with Crippen LogP contribution in [-0.2, 0) is 6.42 Å². The lowest BCUT2D eigenvalue weighted by molar-refractivity contribution is 0.0696. The molecule has 2 rings (SSSR count). The molecule has 0 spiro atoms. The van der Waals surface area contributed by atoms with E-state index < -0.39 is 5.91 Å². The number of benzene rings is 1. The van der Waals surface area contributed by atoms with Crippen LogP contribution in [0.3, 0.4) is 0 Å². The van der Waals surface area contributed by atoms with E-state index in [2.05, 4.69) is 10.5 Å². The van der Waals surface area contributed by atoms with Crippen LogP contribution in [0.15, 0.2) is 40.9 Å². The number of hydroxylamine groups is 1. The summed E-state index contributed by atoms with van der Waals surface area (Å²) in [6, 6.07) is 10.2. The number of hydrogen-bond acceptors (Lipinski definition) is 5. The Morgan fingerprint density at radius 2 is 1.95 bits per heavy atom. The van der Waals surface area contributed by atoms with Crippen molar-refractivity contribution in [3.8, 4) is 0 Å². The zero-order chi connectivity index (χ0) is 14.4. The van der Waals surface area contributed by atoms with Gasteiger partial charge < -0.3 is 9.84 Å². The van der Waals surface area contributed by atoms with Crippen LogP contribution in [0.5, 0.6) is 0 Å². The van der Waals surface area contributed by atoms with Crippen molar-refractivity contribution in [1.82, 2.24) is 16.0 Å². The molecule has 0 saturated carbocycles. The molecule has 1 aromatic heterocycles. The fourth-order valence-corrected chi connectivity index (χ4v) is 1.59. The van der Waals surface area contributed by atoms with Gasteiger partial charge in [0.25, 0.3) is 11.8 Å². The van der Waals surface area contributed by atoms with Gasteiger partial charge in [-0.15, -0.1) is 0 Å². The normalized spacial score (nSPS) is 10.1. The van der Waals surface area contributed by atoms with Gasteiger partial charge in [-0.3, -0.25) is 14.8 Å². The molecule has 2 amide bonds. The molecule has 104 valence electrons. The maximum absolute atomic E-state index is 11.7. The Bertz CT molecular complexity index is 595. The second kappa shape index (κ2) is 6.48. The molecular weight excluding hydrogens is 262 g/mol. The Morgan fingerprint density at radius 3 is 2.65 bits per heavy atom. The van der Waals surface area contributed by atoms with Gasteiger partial charge in [0.2, 0.25) is 0 Å². The molecule has 0 radical (unpaired) electrons. The minimum Gasteiger partial charge on any atom is -0.361 e. The van der Waals surface area contributed by atoms with Crippen molar-refractivity contribution in [3.05, 3.63) is 53.4 Å². The Morgan fingerprint density at radius 1 is 1.20 bits per heavy atom. The molecule has 0 atom stereocenters. The molecule has 2 aromatic rings. The summed E-state index contributed by atoms with van der Waals surface area (Å²) in [6.45, 7) is 0.350. The van der Waals surface area contributed by atoms with Crippen LogP contribution in [0, 0.1) is 0 Å². The van der Waals surface area contributed by atoms with E-state index in [1.54, 1.807) is 24.3 Å². The van der Waals surface area contributed by atoms with E-state index in [0.29, 0.717) is 24.3 Å². The predicted molar refractivity (Wildman–Crippen MR) is 68.2 cm³/mol. The summed E-state index contributed by atoms with van der Waals surface area (Å²) in [5.41, 5.74) is 2.02. The predicted octanol–water partition coefficient (Wildman–Crippen LogP) is 0.766. The highest BCUT2D eigenvalue weighted by atomic mass is 16.5. The third kappa shape index (κ3) is 3.42. The van der Waals surface area contributed by atoms with Gasteiger partial charge in [-0.1, -0.05) is 23.4 Å². The highest BCUT2D eigenvalue weighted by Crippen LogP contribution is 2.04. The Hall–Kier alpha value is -2.67. The zero-order valence-corrected chi connectivity index (χ0v) is 10.5. The van der Waals surface area contributed by atoms with E-state index in [4.69, 9.17) is 9.73 Å². The maximum Gasteiger partial charge on any atom is 0.296 e. The van der Waals surface area contributed by atoms with Crippen LogP contribution in [0.2, 0.25) is 0 Å². The number of aromatic nitrogens is 1.